The van der Waals surface area contributed by atoms with Crippen molar-refractivity contribution in [2.24, 2.45) is 5.92 Å². The number of benzene rings is 2. The average molecular weight is 392 g/mol. The highest BCUT2D eigenvalue weighted by molar-refractivity contribution is 5.98. The first-order chi connectivity index (χ1) is 14.2. The van der Waals surface area contributed by atoms with Crippen molar-refractivity contribution in [2.75, 3.05) is 13.2 Å². The molecule has 1 aliphatic carbocycles. The summed E-state index contributed by atoms with van der Waals surface area (Å²) in [6.45, 7) is 0.828. The molecule has 3 atom stereocenters. The molecular weight excluding hydrogens is 364 g/mol. The molecule has 1 aliphatic heterocycles. The average Bonchev–Trinajstić information content (AvgIpc) is 3.17. The number of ether oxygens (including phenoxy) is 1. The zero-order chi connectivity index (χ0) is 20.1. The lowest BCUT2D eigenvalue weighted by Gasteiger charge is -2.33. The highest BCUT2D eigenvalue weighted by atomic mass is 16.5. The van der Waals surface area contributed by atoms with Gasteiger partial charge in [-0.15, -0.1) is 0 Å². The Hall–Kier alpha value is -2.82. The molecule has 2 fully saturated rings. The molecule has 152 valence electrons. The molecule has 1 saturated carbocycles. The van der Waals surface area contributed by atoms with E-state index in [1.54, 1.807) is 0 Å². The monoisotopic (exact) mass is 392 g/mol. The predicted molar refractivity (Wildman–Crippen MR) is 112 cm³/mol. The Labute approximate surface area is 172 Å². The minimum Gasteiger partial charge on any atom is -0.492 e. The Morgan fingerprint density at radius 3 is 2.41 bits per heavy atom. The van der Waals surface area contributed by atoms with Gasteiger partial charge in [0, 0.05) is 11.6 Å². The third-order valence-corrected chi connectivity index (χ3v) is 6.06. The summed E-state index contributed by atoms with van der Waals surface area (Å²) in [7, 11) is 0. The fourth-order valence-electron chi connectivity index (χ4n) is 4.69. The molecule has 1 heterocycles. The number of rotatable bonds is 6. The minimum absolute atomic E-state index is 0.0271. The van der Waals surface area contributed by atoms with Crippen molar-refractivity contribution in [3.05, 3.63) is 66.2 Å². The SMILES string of the molecule is O=C(NCCOc1ccccc1)C1CC2CCCCC2N1C(=O)c1ccccc1. The van der Waals surface area contributed by atoms with Gasteiger partial charge in [-0.1, -0.05) is 49.2 Å². The molecule has 3 unspecified atom stereocenters. The van der Waals surface area contributed by atoms with Gasteiger partial charge in [-0.2, -0.15) is 0 Å². The third-order valence-electron chi connectivity index (χ3n) is 6.06. The molecule has 4 rings (SSSR count). The van der Waals surface area contributed by atoms with Crippen molar-refractivity contribution in [3.63, 3.8) is 0 Å². The number of carbonyl (C=O) groups excluding carboxylic acids is 2. The zero-order valence-corrected chi connectivity index (χ0v) is 16.6. The topological polar surface area (TPSA) is 58.6 Å². The Balaban J connectivity index is 1.41. The van der Waals surface area contributed by atoms with Crippen molar-refractivity contribution in [3.8, 4) is 5.75 Å². The summed E-state index contributed by atoms with van der Waals surface area (Å²) in [6.07, 6.45) is 5.16. The van der Waals surface area contributed by atoms with Crippen LogP contribution in [0.1, 0.15) is 42.5 Å². The second-order valence-electron chi connectivity index (χ2n) is 7.89. The van der Waals surface area contributed by atoms with Crippen LogP contribution in [0.5, 0.6) is 5.75 Å². The minimum atomic E-state index is -0.396. The molecule has 1 saturated heterocycles. The van der Waals surface area contributed by atoms with Gasteiger partial charge in [0.15, 0.2) is 0 Å². The largest absolute Gasteiger partial charge is 0.492 e. The fourth-order valence-corrected chi connectivity index (χ4v) is 4.69. The van der Waals surface area contributed by atoms with E-state index in [0.29, 0.717) is 24.6 Å². The Morgan fingerprint density at radius 1 is 0.966 bits per heavy atom. The first-order valence-corrected chi connectivity index (χ1v) is 10.6. The van der Waals surface area contributed by atoms with Crippen LogP contribution < -0.4 is 10.1 Å². The molecule has 2 amide bonds. The van der Waals surface area contributed by atoms with Crippen LogP contribution >= 0.6 is 0 Å². The first kappa shape index (κ1) is 19.5. The highest BCUT2D eigenvalue weighted by Gasteiger charge is 2.47. The van der Waals surface area contributed by atoms with Crippen LogP contribution in [-0.2, 0) is 4.79 Å². The maximum absolute atomic E-state index is 13.3. The lowest BCUT2D eigenvalue weighted by molar-refractivity contribution is -0.125. The van der Waals surface area contributed by atoms with Crippen LogP contribution in [0.2, 0.25) is 0 Å². The van der Waals surface area contributed by atoms with Gasteiger partial charge in [0.05, 0.1) is 6.54 Å². The number of hydrogen-bond acceptors (Lipinski definition) is 3. The van der Waals surface area contributed by atoms with Crippen molar-refractivity contribution in [1.29, 1.82) is 0 Å². The Kier molecular flexibility index (Phi) is 6.13. The summed E-state index contributed by atoms with van der Waals surface area (Å²) in [5, 5.41) is 2.98. The Bertz CT molecular complexity index is 825. The number of fused-ring (bicyclic) bond motifs is 1. The molecule has 5 heteroatoms. The number of para-hydroxylation sites is 1. The number of nitrogens with zero attached hydrogens (tertiary/aromatic N) is 1. The smallest absolute Gasteiger partial charge is 0.254 e. The van der Waals surface area contributed by atoms with Gasteiger partial charge in [0.25, 0.3) is 5.91 Å². The summed E-state index contributed by atoms with van der Waals surface area (Å²) >= 11 is 0. The van der Waals surface area contributed by atoms with Gasteiger partial charge < -0.3 is 15.0 Å². The van der Waals surface area contributed by atoms with E-state index in [2.05, 4.69) is 5.32 Å². The molecule has 0 aromatic heterocycles. The molecule has 2 aromatic rings. The van der Waals surface area contributed by atoms with Gasteiger partial charge in [0.2, 0.25) is 5.91 Å². The van der Waals surface area contributed by atoms with Crippen molar-refractivity contribution in [1.82, 2.24) is 10.2 Å². The van der Waals surface area contributed by atoms with Crippen LogP contribution in [0.4, 0.5) is 0 Å². The molecular formula is C24H28N2O3. The van der Waals surface area contributed by atoms with Crippen LogP contribution in [0.3, 0.4) is 0 Å². The standard InChI is InChI=1S/C24H28N2O3/c27-23(25-15-16-29-20-12-5-2-6-13-20)22-17-19-11-7-8-14-21(19)26(22)24(28)18-9-3-1-4-10-18/h1-6,9-10,12-13,19,21-22H,7-8,11,14-17H2,(H,25,27). The van der Waals surface area contributed by atoms with Crippen molar-refractivity contribution < 1.29 is 14.3 Å². The van der Waals surface area contributed by atoms with E-state index in [1.807, 2.05) is 65.6 Å². The van der Waals surface area contributed by atoms with Gasteiger partial charge >= 0.3 is 0 Å². The summed E-state index contributed by atoms with van der Waals surface area (Å²) in [5.41, 5.74) is 0.656. The summed E-state index contributed by atoms with van der Waals surface area (Å²) in [6, 6.07) is 18.7. The van der Waals surface area contributed by atoms with E-state index >= 15 is 0 Å². The van der Waals surface area contributed by atoms with E-state index in [1.165, 1.54) is 6.42 Å². The highest BCUT2D eigenvalue weighted by Crippen LogP contribution is 2.40. The van der Waals surface area contributed by atoms with Gasteiger partial charge in [-0.25, -0.2) is 0 Å². The van der Waals surface area contributed by atoms with Crippen LogP contribution in [0.25, 0.3) is 0 Å². The second-order valence-corrected chi connectivity index (χ2v) is 7.89. The van der Waals surface area contributed by atoms with Crippen LogP contribution in [0, 0.1) is 5.92 Å². The zero-order valence-electron chi connectivity index (χ0n) is 16.6. The molecule has 0 spiro atoms. The van der Waals surface area contributed by atoms with Gasteiger partial charge in [0.1, 0.15) is 18.4 Å². The third kappa shape index (κ3) is 4.44. The van der Waals surface area contributed by atoms with E-state index in [-0.39, 0.29) is 17.9 Å². The van der Waals surface area contributed by atoms with Crippen molar-refractivity contribution in [2.45, 2.75) is 44.2 Å². The molecule has 2 aromatic carbocycles. The number of carbonyl (C=O) groups is 2. The number of amides is 2. The molecule has 0 bridgehead atoms. The maximum atomic E-state index is 13.3. The summed E-state index contributed by atoms with van der Waals surface area (Å²) in [5.74, 6) is 1.11. The molecule has 29 heavy (non-hydrogen) atoms. The predicted octanol–water partition coefficient (Wildman–Crippen LogP) is 3.66. The van der Waals surface area contributed by atoms with E-state index in [0.717, 1.165) is 31.4 Å². The molecule has 5 nitrogen and oxygen atoms in total. The first-order valence-electron chi connectivity index (χ1n) is 10.6. The summed E-state index contributed by atoms with van der Waals surface area (Å²) < 4.78 is 5.66. The quantitative estimate of drug-likeness (QED) is 0.764. The molecule has 0 radical (unpaired) electrons. The van der Waals surface area contributed by atoms with Gasteiger partial charge in [-0.3, -0.25) is 9.59 Å². The van der Waals surface area contributed by atoms with E-state index in [4.69, 9.17) is 4.74 Å². The van der Waals surface area contributed by atoms with Crippen molar-refractivity contribution >= 4 is 11.8 Å². The molecule has 2 aliphatic rings. The Morgan fingerprint density at radius 2 is 1.66 bits per heavy atom. The summed E-state index contributed by atoms with van der Waals surface area (Å²) in [4.78, 5) is 28.1. The van der Waals surface area contributed by atoms with E-state index < -0.39 is 6.04 Å². The normalized spacial score (nSPS) is 23.3. The van der Waals surface area contributed by atoms with Gasteiger partial charge in [-0.05, 0) is 49.4 Å². The van der Waals surface area contributed by atoms with E-state index in [9.17, 15) is 9.59 Å². The van der Waals surface area contributed by atoms with Crippen LogP contribution in [-0.4, -0.2) is 41.9 Å². The van der Waals surface area contributed by atoms with Crippen LogP contribution in [0.15, 0.2) is 60.7 Å². The second kappa shape index (κ2) is 9.12. The fraction of sp³-hybridized carbons (Fsp3) is 0.417. The number of nitrogens with one attached hydrogen (secondary N) is 1. The lowest BCUT2D eigenvalue weighted by atomic mass is 9.84. The number of likely N-dealkylation sites (tertiary alicyclic amines) is 1. The molecule has 1 N–H and O–H groups in total. The lowest BCUT2D eigenvalue weighted by Crippen LogP contribution is -2.50. The number of hydrogen-bond donors (Lipinski definition) is 1. The maximum Gasteiger partial charge on any atom is 0.254 e.